The van der Waals surface area contributed by atoms with Gasteiger partial charge in [0.25, 0.3) is 0 Å². The molecule has 0 amide bonds. The highest BCUT2D eigenvalue weighted by molar-refractivity contribution is 5.14. The smallest absolute Gasteiger partial charge is 0.162 e. The Labute approximate surface area is 164 Å². The third-order valence-corrected chi connectivity index (χ3v) is 8.52. The second-order valence-corrected chi connectivity index (χ2v) is 10.0. The van der Waals surface area contributed by atoms with Gasteiger partial charge in [-0.15, -0.1) is 0 Å². The fourth-order valence-corrected chi connectivity index (χ4v) is 7.14. The average molecular weight is 388 g/mol. The summed E-state index contributed by atoms with van der Waals surface area (Å²) in [6.45, 7) is 0. The Hall–Kier alpha value is -0.760. The molecule has 2 heterocycles. The van der Waals surface area contributed by atoms with Crippen LogP contribution in [0.15, 0.2) is 24.3 Å². The van der Waals surface area contributed by atoms with Crippen LogP contribution in [0.4, 0.5) is 0 Å². The molecule has 6 nitrogen and oxygen atoms in total. The molecule has 5 fully saturated rings. The minimum Gasteiger partial charge on any atom is -0.387 e. The van der Waals surface area contributed by atoms with Gasteiger partial charge in [0.1, 0.15) is 36.6 Å². The predicted molar refractivity (Wildman–Crippen MR) is 96.8 cm³/mol. The van der Waals surface area contributed by atoms with E-state index in [1.54, 1.807) is 0 Å². The maximum atomic E-state index is 11.0. The molecule has 152 valence electrons. The van der Waals surface area contributed by atoms with Crippen LogP contribution in [0.5, 0.6) is 0 Å². The van der Waals surface area contributed by atoms with E-state index in [1.807, 2.05) is 0 Å². The topological polar surface area (TPSA) is 77.4 Å². The van der Waals surface area contributed by atoms with Crippen molar-refractivity contribution in [1.29, 1.82) is 0 Å². The first-order valence-corrected chi connectivity index (χ1v) is 11.0. The fraction of sp³-hybridized carbons (Fsp3) is 0.818. The first kappa shape index (κ1) is 17.0. The summed E-state index contributed by atoms with van der Waals surface area (Å²) >= 11 is 0. The largest absolute Gasteiger partial charge is 0.387 e. The number of aliphatic hydroxyl groups is 2. The number of hydrogen-bond donors (Lipinski definition) is 2. The predicted octanol–water partition coefficient (Wildman–Crippen LogP) is 1.37. The number of ether oxygens (including phenoxy) is 4. The Morgan fingerprint density at radius 3 is 1.21 bits per heavy atom. The van der Waals surface area contributed by atoms with Gasteiger partial charge in [-0.1, -0.05) is 24.3 Å². The normalized spacial score (nSPS) is 63.4. The van der Waals surface area contributed by atoms with Gasteiger partial charge in [-0.3, -0.25) is 0 Å². The molecule has 8 unspecified atom stereocenters. The van der Waals surface area contributed by atoms with Crippen LogP contribution in [0.3, 0.4) is 0 Å². The van der Waals surface area contributed by atoms with Gasteiger partial charge < -0.3 is 29.2 Å². The average Bonchev–Trinajstić information content (AvgIpc) is 3.53. The van der Waals surface area contributed by atoms with Crippen molar-refractivity contribution in [3.8, 4) is 0 Å². The van der Waals surface area contributed by atoms with Crippen LogP contribution in [0.1, 0.15) is 25.7 Å². The number of aliphatic hydroxyl groups excluding tert-OH is 2. The van der Waals surface area contributed by atoms with Crippen LogP contribution >= 0.6 is 0 Å². The number of rotatable bonds is 2. The molecule has 14 atom stereocenters. The van der Waals surface area contributed by atoms with E-state index in [9.17, 15) is 10.2 Å². The quantitative estimate of drug-likeness (QED) is 0.696. The van der Waals surface area contributed by atoms with Crippen molar-refractivity contribution in [3.63, 3.8) is 0 Å². The molecule has 5 aliphatic carbocycles. The fourth-order valence-electron chi connectivity index (χ4n) is 7.14. The molecule has 7 rings (SSSR count). The molecule has 0 radical (unpaired) electrons. The maximum Gasteiger partial charge on any atom is 0.162 e. The highest BCUT2D eigenvalue weighted by Gasteiger charge is 2.62. The van der Waals surface area contributed by atoms with E-state index in [0.717, 1.165) is 12.8 Å². The lowest BCUT2D eigenvalue weighted by Gasteiger charge is -2.38. The second kappa shape index (κ2) is 5.90. The Balaban J connectivity index is 1.09. The van der Waals surface area contributed by atoms with Crippen molar-refractivity contribution in [3.05, 3.63) is 24.3 Å². The number of allylic oxidation sites excluding steroid dienone is 4. The van der Waals surface area contributed by atoms with Gasteiger partial charge in [0.05, 0.1) is 0 Å². The minimum absolute atomic E-state index is 0.315. The molecular weight excluding hydrogens is 360 g/mol. The van der Waals surface area contributed by atoms with Gasteiger partial charge >= 0.3 is 0 Å². The summed E-state index contributed by atoms with van der Waals surface area (Å²) in [6, 6.07) is 0. The first-order chi connectivity index (χ1) is 13.7. The van der Waals surface area contributed by atoms with E-state index in [2.05, 4.69) is 24.3 Å². The van der Waals surface area contributed by atoms with Crippen molar-refractivity contribution >= 4 is 0 Å². The zero-order valence-corrected chi connectivity index (χ0v) is 15.7. The summed E-state index contributed by atoms with van der Waals surface area (Å²) in [5, 5.41) is 22.0. The molecule has 0 spiro atoms. The Bertz CT molecular complexity index is 638. The summed E-state index contributed by atoms with van der Waals surface area (Å²) < 4.78 is 24.8. The van der Waals surface area contributed by atoms with Gasteiger partial charge in [-0.2, -0.15) is 0 Å². The molecule has 3 saturated carbocycles. The number of fused-ring (bicyclic) bond motifs is 6. The molecule has 4 bridgehead atoms. The molecule has 0 aromatic heterocycles. The third kappa shape index (κ3) is 2.25. The lowest BCUT2D eigenvalue weighted by Crippen LogP contribution is -2.61. The van der Waals surface area contributed by atoms with Crippen molar-refractivity contribution in [2.75, 3.05) is 0 Å². The Kier molecular flexibility index (Phi) is 3.58. The number of hydrogen-bond acceptors (Lipinski definition) is 6. The molecule has 7 aliphatic rings. The second-order valence-electron chi connectivity index (χ2n) is 10.0. The molecule has 2 aliphatic heterocycles. The molecule has 2 N–H and O–H groups in total. The molecule has 0 aromatic carbocycles. The molecule has 0 aromatic rings. The van der Waals surface area contributed by atoms with Crippen molar-refractivity contribution in [1.82, 2.24) is 0 Å². The summed E-state index contributed by atoms with van der Waals surface area (Å²) in [6.07, 6.45) is 9.03. The monoisotopic (exact) mass is 388 g/mol. The standard InChI is InChI=1S/C22H28O6/c23-15-17-18(26-21(25-17)13-7-9-1-3-11(13)5-9)16(24)20-19(15)27-22(28-20)14-8-10-2-4-12(14)6-10/h1-4,9-24H,5-8H2/t9?,10?,11?,12?,13?,14?,15-,16-,17-,18-,19-,20+,21?,22?/m0/s1. The molecule has 6 heteroatoms. The zero-order chi connectivity index (χ0) is 18.6. The summed E-state index contributed by atoms with van der Waals surface area (Å²) in [5.41, 5.74) is 0. The van der Waals surface area contributed by atoms with E-state index < -0.39 is 36.6 Å². The van der Waals surface area contributed by atoms with Gasteiger partial charge in [-0.25, -0.2) is 0 Å². The van der Waals surface area contributed by atoms with E-state index in [-0.39, 0.29) is 12.6 Å². The van der Waals surface area contributed by atoms with Crippen molar-refractivity contribution in [2.45, 2.75) is 74.9 Å². The molecule has 28 heavy (non-hydrogen) atoms. The van der Waals surface area contributed by atoms with Crippen LogP contribution < -0.4 is 0 Å². The summed E-state index contributed by atoms with van der Waals surface area (Å²) in [4.78, 5) is 0. The van der Waals surface area contributed by atoms with Crippen molar-refractivity contribution < 1.29 is 29.2 Å². The van der Waals surface area contributed by atoms with Crippen LogP contribution in [0.2, 0.25) is 0 Å². The summed E-state index contributed by atoms with van der Waals surface area (Å²) in [7, 11) is 0. The Morgan fingerprint density at radius 1 is 0.536 bits per heavy atom. The molecular formula is C22H28O6. The van der Waals surface area contributed by atoms with E-state index in [1.165, 1.54) is 12.8 Å². The molecule has 2 saturated heterocycles. The van der Waals surface area contributed by atoms with Gasteiger partial charge in [0.2, 0.25) is 0 Å². The van der Waals surface area contributed by atoms with Gasteiger partial charge in [0.15, 0.2) is 12.6 Å². The van der Waals surface area contributed by atoms with Crippen LogP contribution in [-0.2, 0) is 18.9 Å². The van der Waals surface area contributed by atoms with Crippen LogP contribution in [0.25, 0.3) is 0 Å². The van der Waals surface area contributed by atoms with Gasteiger partial charge in [0, 0.05) is 11.8 Å². The zero-order valence-electron chi connectivity index (χ0n) is 15.7. The minimum atomic E-state index is -0.836. The van der Waals surface area contributed by atoms with E-state index in [0.29, 0.717) is 35.5 Å². The highest BCUT2D eigenvalue weighted by Crippen LogP contribution is 2.51. The highest BCUT2D eigenvalue weighted by atomic mass is 16.8. The third-order valence-electron chi connectivity index (χ3n) is 8.52. The first-order valence-electron chi connectivity index (χ1n) is 11.0. The van der Waals surface area contributed by atoms with Crippen LogP contribution in [0, 0.1) is 35.5 Å². The van der Waals surface area contributed by atoms with Crippen LogP contribution in [-0.4, -0.2) is 59.4 Å². The SMILES string of the molecule is O[C@@H]1[C@H]2OC(C3CC4C=CC3C4)O[C@H]2[C@@H](O)[C@@H]2OC(C3CC4C=CC3C4)O[C@@H]12. The lowest BCUT2D eigenvalue weighted by atomic mass is 9.85. The van der Waals surface area contributed by atoms with Gasteiger partial charge in [-0.05, 0) is 49.4 Å². The Morgan fingerprint density at radius 2 is 0.929 bits per heavy atom. The van der Waals surface area contributed by atoms with Crippen molar-refractivity contribution in [2.24, 2.45) is 35.5 Å². The van der Waals surface area contributed by atoms with E-state index in [4.69, 9.17) is 18.9 Å². The lowest BCUT2D eigenvalue weighted by molar-refractivity contribution is -0.152. The maximum absolute atomic E-state index is 11.0. The van der Waals surface area contributed by atoms with E-state index >= 15 is 0 Å². The summed E-state index contributed by atoms with van der Waals surface area (Å²) in [5.74, 6) is 2.87.